The number of aliphatic hydroxyl groups is 1. The van der Waals surface area contributed by atoms with E-state index in [4.69, 9.17) is 4.74 Å². The van der Waals surface area contributed by atoms with Gasteiger partial charge in [-0.15, -0.1) is 0 Å². The highest BCUT2D eigenvalue weighted by Gasteiger charge is 2.38. The lowest BCUT2D eigenvalue weighted by Crippen LogP contribution is -2.50. The van der Waals surface area contributed by atoms with Crippen molar-refractivity contribution < 1.29 is 9.84 Å². The molecule has 1 aromatic carbocycles. The Bertz CT molecular complexity index is 400. The number of hydrogen-bond donors (Lipinski definition) is 2. The minimum atomic E-state index is -0.0923. The van der Waals surface area contributed by atoms with E-state index in [0.717, 1.165) is 12.2 Å². The monoisotopic (exact) mass is 249 g/mol. The second-order valence-electron chi connectivity index (χ2n) is 6.30. The summed E-state index contributed by atoms with van der Waals surface area (Å²) in [6.45, 7) is 8.86. The lowest BCUT2D eigenvalue weighted by Gasteiger charge is -2.40. The van der Waals surface area contributed by atoms with Crippen molar-refractivity contribution in [3.8, 4) is 0 Å². The van der Waals surface area contributed by atoms with Crippen molar-refractivity contribution in [2.75, 3.05) is 31.7 Å². The topological polar surface area (TPSA) is 41.5 Å². The number of ether oxygens (including phenoxy) is 1. The molecular weight excluding hydrogens is 226 g/mol. The van der Waals surface area contributed by atoms with Crippen molar-refractivity contribution in [1.29, 1.82) is 0 Å². The molecule has 1 fully saturated rings. The average Bonchev–Trinajstić information content (AvgIpc) is 2.27. The van der Waals surface area contributed by atoms with Crippen LogP contribution >= 0.6 is 0 Å². The third kappa shape index (κ3) is 2.68. The first-order chi connectivity index (χ1) is 8.47. The van der Waals surface area contributed by atoms with E-state index in [1.165, 1.54) is 5.56 Å². The molecule has 0 saturated carbocycles. The highest BCUT2D eigenvalue weighted by molar-refractivity contribution is 5.54. The molecule has 3 nitrogen and oxygen atoms in total. The molecule has 18 heavy (non-hydrogen) atoms. The Labute approximate surface area is 109 Å². The van der Waals surface area contributed by atoms with Gasteiger partial charge in [0.05, 0.1) is 25.2 Å². The van der Waals surface area contributed by atoms with Gasteiger partial charge in [0.2, 0.25) is 0 Å². The van der Waals surface area contributed by atoms with E-state index in [2.05, 4.69) is 44.3 Å². The van der Waals surface area contributed by atoms with Crippen LogP contribution in [-0.2, 0) is 10.2 Å². The summed E-state index contributed by atoms with van der Waals surface area (Å²) in [6, 6.07) is 8.37. The van der Waals surface area contributed by atoms with Crippen molar-refractivity contribution in [2.45, 2.75) is 26.2 Å². The molecule has 1 aromatic rings. The van der Waals surface area contributed by atoms with Crippen LogP contribution in [0.5, 0.6) is 0 Å². The smallest absolute Gasteiger partial charge is 0.0584 e. The van der Waals surface area contributed by atoms with Gasteiger partial charge < -0.3 is 15.2 Å². The first-order valence-corrected chi connectivity index (χ1v) is 6.49. The SMILES string of the molecule is CC(C)(C)c1ccccc1NCC1(CO)COC1. The molecule has 1 aliphatic heterocycles. The second kappa shape index (κ2) is 4.90. The maximum absolute atomic E-state index is 9.42. The Hall–Kier alpha value is -1.06. The molecule has 0 atom stereocenters. The summed E-state index contributed by atoms with van der Waals surface area (Å²) < 4.78 is 5.22. The second-order valence-corrected chi connectivity index (χ2v) is 6.30. The minimum Gasteiger partial charge on any atom is -0.396 e. The average molecular weight is 249 g/mol. The summed E-state index contributed by atoms with van der Waals surface area (Å²) in [5.41, 5.74) is 2.49. The van der Waals surface area contributed by atoms with E-state index in [9.17, 15) is 5.11 Å². The van der Waals surface area contributed by atoms with Gasteiger partial charge in [-0.3, -0.25) is 0 Å². The van der Waals surface area contributed by atoms with E-state index in [1.54, 1.807) is 0 Å². The molecule has 2 N–H and O–H groups in total. The van der Waals surface area contributed by atoms with E-state index in [0.29, 0.717) is 13.2 Å². The zero-order valence-electron chi connectivity index (χ0n) is 11.5. The fourth-order valence-electron chi connectivity index (χ4n) is 2.21. The van der Waals surface area contributed by atoms with Crippen molar-refractivity contribution in [1.82, 2.24) is 0 Å². The summed E-state index contributed by atoms with van der Waals surface area (Å²) in [5, 5.41) is 12.9. The van der Waals surface area contributed by atoms with Crippen LogP contribution in [0.25, 0.3) is 0 Å². The first-order valence-electron chi connectivity index (χ1n) is 6.49. The van der Waals surface area contributed by atoms with Crippen LogP contribution in [0.1, 0.15) is 26.3 Å². The highest BCUT2D eigenvalue weighted by atomic mass is 16.5. The van der Waals surface area contributed by atoms with Crippen LogP contribution in [0.4, 0.5) is 5.69 Å². The van der Waals surface area contributed by atoms with Crippen LogP contribution < -0.4 is 5.32 Å². The van der Waals surface area contributed by atoms with Crippen LogP contribution in [0, 0.1) is 5.41 Å². The van der Waals surface area contributed by atoms with Gasteiger partial charge in [0.25, 0.3) is 0 Å². The Morgan fingerprint density at radius 3 is 2.44 bits per heavy atom. The fraction of sp³-hybridized carbons (Fsp3) is 0.600. The van der Waals surface area contributed by atoms with E-state index in [1.807, 2.05) is 6.07 Å². The van der Waals surface area contributed by atoms with E-state index >= 15 is 0 Å². The molecule has 0 amide bonds. The van der Waals surface area contributed by atoms with Gasteiger partial charge in [0.15, 0.2) is 0 Å². The molecule has 0 bridgehead atoms. The zero-order valence-corrected chi connectivity index (χ0v) is 11.5. The molecule has 100 valence electrons. The number of nitrogens with one attached hydrogen (secondary N) is 1. The molecule has 0 spiro atoms. The quantitative estimate of drug-likeness (QED) is 0.861. The van der Waals surface area contributed by atoms with Gasteiger partial charge in [0.1, 0.15) is 0 Å². The largest absolute Gasteiger partial charge is 0.396 e. The van der Waals surface area contributed by atoms with Crippen LogP contribution in [0.2, 0.25) is 0 Å². The van der Waals surface area contributed by atoms with Crippen molar-refractivity contribution in [3.63, 3.8) is 0 Å². The van der Waals surface area contributed by atoms with Gasteiger partial charge in [-0.1, -0.05) is 39.0 Å². The fourth-order valence-corrected chi connectivity index (χ4v) is 2.21. The predicted octanol–water partition coefficient (Wildman–Crippen LogP) is 2.40. The number of hydrogen-bond acceptors (Lipinski definition) is 3. The van der Waals surface area contributed by atoms with E-state index in [-0.39, 0.29) is 17.4 Å². The van der Waals surface area contributed by atoms with Crippen molar-refractivity contribution >= 4 is 5.69 Å². The summed E-state index contributed by atoms with van der Waals surface area (Å²) in [6.07, 6.45) is 0. The maximum Gasteiger partial charge on any atom is 0.0584 e. The summed E-state index contributed by atoms with van der Waals surface area (Å²) in [5.74, 6) is 0. The molecule has 0 aliphatic carbocycles. The Morgan fingerprint density at radius 2 is 1.94 bits per heavy atom. The number of anilines is 1. The van der Waals surface area contributed by atoms with Crippen LogP contribution in [-0.4, -0.2) is 31.5 Å². The van der Waals surface area contributed by atoms with Crippen LogP contribution in [0.15, 0.2) is 24.3 Å². The van der Waals surface area contributed by atoms with Crippen molar-refractivity contribution in [3.05, 3.63) is 29.8 Å². The van der Waals surface area contributed by atoms with Gasteiger partial charge >= 0.3 is 0 Å². The van der Waals surface area contributed by atoms with Gasteiger partial charge in [0, 0.05) is 12.2 Å². The molecule has 2 rings (SSSR count). The predicted molar refractivity (Wildman–Crippen MR) is 74.0 cm³/mol. The maximum atomic E-state index is 9.42. The number of aliphatic hydroxyl groups excluding tert-OH is 1. The molecule has 1 saturated heterocycles. The third-order valence-corrected chi connectivity index (χ3v) is 3.54. The third-order valence-electron chi connectivity index (χ3n) is 3.54. The summed E-state index contributed by atoms with van der Waals surface area (Å²) >= 11 is 0. The minimum absolute atomic E-state index is 0.0923. The Morgan fingerprint density at radius 1 is 1.28 bits per heavy atom. The molecular formula is C15H23NO2. The highest BCUT2D eigenvalue weighted by Crippen LogP contribution is 2.32. The number of rotatable bonds is 4. The standard InChI is InChI=1S/C15H23NO2/c1-14(2,3)12-6-4-5-7-13(12)16-8-15(9-17)10-18-11-15/h4-7,16-17H,8-11H2,1-3H3. The van der Waals surface area contributed by atoms with Crippen molar-refractivity contribution in [2.24, 2.45) is 5.41 Å². The molecule has 0 unspecified atom stereocenters. The van der Waals surface area contributed by atoms with Gasteiger partial charge in [-0.05, 0) is 17.0 Å². The van der Waals surface area contributed by atoms with Gasteiger partial charge in [-0.25, -0.2) is 0 Å². The number of benzene rings is 1. The normalized spacial score (nSPS) is 18.2. The lowest BCUT2D eigenvalue weighted by atomic mass is 9.84. The molecule has 0 aromatic heterocycles. The summed E-state index contributed by atoms with van der Waals surface area (Å²) in [4.78, 5) is 0. The van der Waals surface area contributed by atoms with Gasteiger partial charge in [-0.2, -0.15) is 0 Å². The summed E-state index contributed by atoms with van der Waals surface area (Å²) in [7, 11) is 0. The lowest BCUT2D eigenvalue weighted by molar-refractivity contribution is -0.128. The Kier molecular flexibility index (Phi) is 3.64. The number of para-hydroxylation sites is 1. The molecule has 3 heteroatoms. The Balaban J connectivity index is 2.10. The molecule has 1 heterocycles. The zero-order chi connectivity index (χ0) is 13.2. The molecule has 0 radical (unpaired) electrons. The van der Waals surface area contributed by atoms with Crippen LogP contribution in [0.3, 0.4) is 0 Å². The molecule has 1 aliphatic rings. The first kappa shape index (κ1) is 13.4. The van der Waals surface area contributed by atoms with E-state index < -0.39 is 0 Å².